The maximum atomic E-state index is 10.7. The van der Waals surface area contributed by atoms with Crippen molar-refractivity contribution in [2.45, 2.75) is 57.5 Å². The first-order valence-corrected chi connectivity index (χ1v) is 8.34. The lowest BCUT2D eigenvalue weighted by molar-refractivity contribution is -0.0181. The van der Waals surface area contributed by atoms with Gasteiger partial charge in [0.2, 0.25) is 0 Å². The van der Waals surface area contributed by atoms with Crippen LogP contribution in [0.15, 0.2) is 4.99 Å². The predicted octanol–water partition coefficient (Wildman–Crippen LogP) is 2.59. The second-order valence-electron chi connectivity index (χ2n) is 7.37. The average molecular weight is 407 g/mol. The molecule has 2 aliphatic carbocycles. The van der Waals surface area contributed by atoms with E-state index >= 15 is 0 Å². The zero-order valence-corrected chi connectivity index (χ0v) is 15.5. The van der Waals surface area contributed by atoms with E-state index < -0.39 is 5.60 Å². The minimum Gasteiger partial charge on any atom is -0.390 e. The second-order valence-corrected chi connectivity index (χ2v) is 7.37. The molecule has 21 heavy (non-hydrogen) atoms. The quantitative estimate of drug-likeness (QED) is 0.430. The van der Waals surface area contributed by atoms with Crippen LogP contribution in [0.2, 0.25) is 0 Å². The number of likely N-dealkylation sites (tertiary alicyclic amines) is 1. The highest BCUT2D eigenvalue weighted by Gasteiger charge is 2.49. The summed E-state index contributed by atoms with van der Waals surface area (Å²) >= 11 is 0. The molecule has 1 saturated heterocycles. The summed E-state index contributed by atoms with van der Waals surface area (Å²) in [6, 6.07) is 0. The van der Waals surface area contributed by atoms with Crippen LogP contribution >= 0.6 is 24.0 Å². The van der Waals surface area contributed by atoms with Crippen molar-refractivity contribution in [2.75, 3.05) is 19.6 Å². The molecule has 4 nitrogen and oxygen atoms in total. The van der Waals surface area contributed by atoms with Gasteiger partial charge in [0.25, 0.3) is 0 Å². The molecule has 122 valence electrons. The molecule has 3 fully saturated rings. The van der Waals surface area contributed by atoms with Crippen LogP contribution in [-0.4, -0.2) is 41.2 Å². The minimum atomic E-state index is -0.443. The summed E-state index contributed by atoms with van der Waals surface area (Å²) in [5, 5.41) is 10.7. The number of aliphatic imine (C=N–C) groups is 1. The molecule has 2 saturated carbocycles. The van der Waals surface area contributed by atoms with Crippen molar-refractivity contribution in [1.82, 2.24) is 4.90 Å². The van der Waals surface area contributed by atoms with Crippen LogP contribution in [0.4, 0.5) is 0 Å². The molecule has 0 aromatic carbocycles. The monoisotopic (exact) mass is 407 g/mol. The van der Waals surface area contributed by atoms with Gasteiger partial charge in [-0.1, -0.05) is 6.92 Å². The summed E-state index contributed by atoms with van der Waals surface area (Å²) in [5.41, 5.74) is 5.67. The number of rotatable bonds is 3. The van der Waals surface area contributed by atoms with Crippen molar-refractivity contribution in [3.05, 3.63) is 0 Å². The molecule has 3 N–H and O–H groups in total. The Morgan fingerprint density at radius 1 is 1.38 bits per heavy atom. The van der Waals surface area contributed by atoms with E-state index in [9.17, 15) is 5.11 Å². The Balaban J connectivity index is 0.00000161. The Kier molecular flexibility index (Phi) is 5.79. The third-order valence-corrected chi connectivity index (χ3v) is 5.74. The van der Waals surface area contributed by atoms with E-state index in [0.29, 0.717) is 24.3 Å². The zero-order chi connectivity index (χ0) is 14.2. The average Bonchev–Trinajstić information content (AvgIpc) is 2.98. The van der Waals surface area contributed by atoms with Gasteiger partial charge in [-0.15, -0.1) is 24.0 Å². The van der Waals surface area contributed by atoms with Crippen molar-refractivity contribution in [2.24, 2.45) is 28.5 Å². The van der Waals surface area contributed by atoms with Gasteiger partial charge in [-0.05, 0) is 62.7 Å². The van der Waals surface area contributed by atoms with Gasteiger partial charge >= 0.3 is 0 Å². The number of guanidine groups is 1. The number of nitrogens with zero attached hydrogens (tertiary/aromatic N) is 2. The van der Waals surface area contributed by atoms with Crippen LogP contribution in [0.25, 0.3) is 0 Å². The van der Waals surface area contributed by atoms with Gasteiger partial charge < -0.3 is 15.7 Å². The lowest BCUT2D eigenvalue weighted by Crippen LogP contribution is -2.44. The molecule has 1 aliphatic heterocycles. The van der Waals surface area contributed by atoms with Crippen LogP contribution in [0.5, 0.6) is 0 Å². The summed E-state index contributed by atoms with van der Waals surface area (Å²) in [6.45, 7) is 5.02. The number of nitrogens with two attached hydrogens (primary N) is 1. The SMILES string of the molecule is CC1CCCN(C(N)=NCCC2(O)CC3CCC2C3)C1.I. The van der Waals surface area contributed by atoms with Crippen LogP contribution in [0.3, 0.4) is 0 Å². The van der Waals surface area contributed by atoms with Crippen LogP contribution in [-0.2, 0) is 0 Å². The Hall–Kier alpha value is -0.0400. The molecule has 5 heteroatoms. The summed E-state index contributed by atoms with van der Waals surface area (Å²) in [4.78, 5) is 6.74. The van der Waals surface area contributed by atoms with E-state index in [-0.39, 0.29) is 24.0 Å². The van der Waals surface area contributed by atoms with E-state index in [1.54, 1.807) is 0 Å². The Morgan fingerprint density at radius 2 is 2.19 bits per heavy atom. The van der Waals surface area contributed by atoms with Crippen molar-refractivity contribution >= 4 is 29.9 Å². The second kappa shape index (κ2) is 7.02. The van der Waals surface area contributed by atoms with E-state index in [1.807, 2.05) is 0 Å². The molecule has 3 aliphatic rings. The molecule has 0 spiro atoms. The summed E-state index contributed by atoms with van der Waals surface area (Å²) in [5.74, 6) is 2.70. The number of hydrogen-bond donors (Lipinski definition) is 2. The largest absolute Gasteiger partial charge is 0.390 e. The van der Waals surface area contributed by atoms with Crippen molar-refractivity contribution in [1.29, 1.82) is 0 Å². The Morgan fingerprint density at radius 3 is 2.81 bits per heavy atom. The third-order valence-electron chi connectivity index (χ3n) is 5.74. The maximum absolute atomic E-state index is 10.7. The number of aliphatic hydroxyl groups is 1. The number of piperidine rings is 1. The predicted molar refractivity (Wildman–Crippen MR) is 96.9 cm³/mol. The van der Waals surface area contributed by atoms with Gasteiger partial charge in [0.1, 0.15) is 0 Å². The molecular weight excluding hydrogens is 377 g/mol. The topological polar surface area (TPSA) is 61.8 Å². The van der Waals surface area contributed by atoms with Gasteiger partial charge in [-0.3, -0.25) is 4.99 Å². The maximum Gasteiger partial charge on any atom is 0.191 e. The smallest absolute Gasteiger partial charge is 0.191 e. The molecule has 4 unspecified atom stereocenters. The summed E-state index contributed by atoms with van der Waals surface area (Å²) in [7, 11) is 0. The van der Waals surface area contributed by atoms with E-state index in [0.717, 1.165) is 31.8 Å². The first-order chi connectivity index (χ1) is 9.57. The molecule has 3 rings (SSSR count). The zero-order valence-electron chi connectivity index (χ0n) is 13.1. The van der Waals surface area contributed by atoms with Crippen LogP contribution < -0.4 is 5.73 Å². The molecule has 1 heterocycles. The van der Waals surface area contributed by atoms with E-state index in [1.165, 1.54) is 32.1 Å². The first-order valence-electron chi connectivity index (χ1n) is 8.34. The fourth-order valence-corrected chi connectivity index (χ4v) is 4.58. The number of hydrogen-bond acceptors (Lipinski definition) is 2. The van der Waals surface area contributed by atoms with Gasteiger partial charge in [0, 0.05) is 19.6 Å². The van der Waals surface area contributed by atoms with Gasteiger partial charge in [-0.2, -0.15) is 0 Å². The third kappa shape index (κ3) is 3.84. The van der Waals surface area contributed by atoms with Crippen molar-refractivity contribution in [3.8, 4) is 0 Å². The lowest BCUT2D eigenvalue weighted by Gasteiger charge is -2.33. The molecule has 0 radical (unpaired) electrons. The van der Waals surface area contributed by atoms with Crippen LogP contribution in [0, 0.1) is 17.8 Å². The van der Waals surface area contributed by atoms with Gasteiger partial charge in [0.15, 0.2) is 5.96 Å². The van der Waals surface area contributed by atoms with Gasteiger partial charge in [-0.25, -0.2) is 0 Å². The van der Waals surface area contributed by atoms with Gasteiger partial charge in [0.05, 0.1) is 5.60 Å². The molecule has 4 atom stereocenters. The molecule has 2 bridgehead atoms. The fourth-order valence-electron chi connectivity index (χ4n) is 4.58. The lowest BCUT2D eigenvalue weighted by atomic mass is 9.82. The van der Waals surface area contributed by atoms with E-state index in [4.69, 9.17) is 5.73 Å². The molecule has 0 aromatic heterocycles. The van der Waals surface area contributed by atoms with Crippen molar-refractivity contribution < 1.29 is 5.11 Å². The summed E-state index contributed by atoms with van der Waals surface area (Å²) in [6.07, 6.45) is 8.07. The molecule has 0 aromatic rings. The normalized spacial score (nSPS) is 39.4. The number of fused-ring (bicyclic) bond motifs is 2. The van der Waals surface area contributed by atoms with Crippen molar-refractivity contribution in [3.63, 3.8) is 0 Å². The minimum absolute atomic E-state index is 0. The number of halogens is 1. The fraction of sp³-hybridized carbons (Fsp3) is 0.938. The highest BCUT2D eigenvalue weighted by Crippen LogP contribution is 2.52. The highest BCUT2D eigenvalue weighted by atomic mass is 127. The van der Waals surface area contributed by atoms with E-state index in [2.05, 4.69) is 16.8 Å². The Labute approximate surface area is 145 Å². The highest BCUT2D eigenvalue weighted by molar-refractivity contribution is 14.0. The Bertz CT molecular complexity index is 390. The summed E-state index contributed by atoms with van der Waals surface area (Å²) < 4.78 is 0. The standard InChI is InChI=1S/C16H29N3O.HI/c1-12-3-2-8-19(11-12)15(17)18-7-6-16(20)10-13-4-5-14(16)9-13;/h12-14,20H,2-11H2,1H3,(H2,17,18);1H. The molecule has 0 amide bonds. The van der Waals surface area contributed by atoms with Crippen LogP contribution in [0.1, 0.15) is 51.9 Å². The molecular formula is C16H30IN3O. The first kappa shape index (κ1) is 17.3.